The fraction of sp³-hybridized carbons (Fsp3) is 0.192. The zero-order valence-electron chi connectivity index (χ0n) is 19.9. The quantitative estimate of drug-likeness (QED) is 0.327. The van der Waals surface area contributed by atoms with Crippen LogP contribution in [0, 0.1) is 0 Å². The lowest BCUT2D eigenvalue weighted by atomic mass is 10.1. The average molecular weight is 500 g/mol. The van der Waals surface area contributed by atoms with Crippen LogP contribution in [0.3, 0.4) is 0 Å². The van der Waals surface area contributed by atoms with Crippen molar-refractivity contribution in [3.05, 3.63) is 83.6 Å². The summed E-state index contributed by atoms with van der Waals surface area (Å²) >= 11 is 1.58. The smallest absolute Gasteiger partial charge is 0.252 e. The highest BCUT2D eigenvalue weighted by molar-refractivity contribution is 7.13. The van der Waals surface area contributed by atoms with Gasteiger partial charge in [0.25, 0.3) is 5.91 Å². The van der Waals surface area contributed by atoms with Crippen LogP contribution in [0.5, 0.6) is 0 Å². The summed E-state index contributed by atoms with van der Waals surface area (Å²) in [7, 11) is 0. The van der Waals surface area contributed by atoms with Gasteiger partial charge >= 0.3 is 0 Å². The fourth-order valence-corrected chi connectivity index (χ4v) is 4.60. The zero-order valence-corrected chi connectivity index (χ0v) is 20.7. The van der Waals surface area contributed by atoms with Crippen LogP contribution >= 0.6 is 11.3 Å². The highest BCUT2D eigenvalue weighted by Gasteiger charge is 2.19. The van der Waals surface area contributed by atoms with Crippen molar-refractivity contribution in [1.82, 2.24) is 29.9 Å². The van der Waals surface area contributed by atoms with Gasteiger partial charge in [0.1, 0.15) is 6.54 Å². The molecule has 0 aliphatic rings. The Bertz CT molecular complexity index is 1500. The molecule has 0 spiro atoms. The van der Waals surface area contributed by atoms with E-state index in [0.29, 0.717) is 28.8 Å². The number of benzene rings is 1. The number of carbonyl (C=O) groups is 2. The molecule has 0 saturated carbocycles. The van der Waals surface area contributed by atoms with Crippen molar-refractivity contribution in [2.45, 2.75) is 33.0 Å². The Labute approximate surface area is 211 Å². The summed E-state index contributed by atoms with van der Waals surface area (Å²) in [6.45, 7) is 4.50. The number of amides is 2. The van der Waals surface area contributed by atoms with E-state index in [-0.39, 0.29) is 24.4 Å². The van der Waals surface area contributed by atoms with Crippen molar-refractivity contribution >= 4 is 39.9 Å². The Balaban J connectivity index is 1.34. The van der Waals surface area contributed by atoms with Crippen LogP contribution in [0.1, 0.15) is 35.8 Å². The summed E-state index contributed by atoms with van der Waals surface area (Å²) in [5, 5.41) is 17.1. The molecule has 0 unspecified atom stereocenters. The van der Waals surface area contributed by atoms with Crippen molar-refractivity contribution in [3.8, 4) is 10.6 Å². The second-order valence-electron chi connectivity index (χ2n) is 8.59. The van der Waals surface area contributed by atoms with E-state index in [1.165, 1.54) is 0 Å². The molecule has 36 heavy (non-hydrogen) atoms. The molecule has 1 aromatic carbocycles. The number of hydrogen-bond donors (Lipinski definition) is 2. The van der Waals surface area contributed by atoms with Crippen LogP contribution in [0.25, 0.3) is 21.6 Å². The van der Waals surface area contributed by atoms with Gasteiger partial charge in [-0.3, -0.25) is 14.3 Å². The predicted molar refractivity (Wildman–Crippen MR) is 140 cm³/mol. The first-order chi connectivity index (χ1) is 17.5. The molecule has 4 aromatic heterocycles. The number of pyridine rings is 1. The van der Waals surface area contributed by atoms with Crippen LogP contribution in [0.4, 0.5) is 5.69 Å². The van der Waals surface area contributed by atoms with Gasteiger partial charge in [-0.25, -0.2) is 9.67 Å². The van der Waals surface area contributed by atoms with Crippen LogP contribution in [0.2, 0.25) is 0 Å². The molecule has 4 heterocycles. The zero-order chi connectivity index (χ0) is 25.1. The van der Waals surface area contributed by atoms with Crippen molar-refractivity contribution < 1.29 is 9.59 Å². The average Bonchev–Trinajstić information content (AvgIpc) is 3.64. The van der Waals surface area contributed by atoms with E-state index in [0.717, 1.165) is 16.1 Å². The SMILES string of the molecule is CC(C)n1ncc2c(C(=O)NCc3cccc(NC(=O)Cn4cccn4)c3)cc(-c3cccs3)nc21. The Morgan fingerprint density at radius 1 is 1.08 bits per heavy atom. The lowest BCUT2D eigenvalue weighted by Gasteiger charge is -2.11. The number of carbonyl (C=O) groups excluding carboxylic acids is 2. The number of thiophene rings is 1. The van der Waals surface area contributed by atoms with Crippen LogP contribution in [-0.2, 0) is 17.9 Å². The van der Waals surface area contributed by atoms with Crippen molar-refractivity contribution in [2.75, 3.05) is 5.32 Å². The topological polar surface area (TPSA) is 107 Å². The fourth-order valence-electron chi connectivity index (χ4n) is 3.91. The molecule has 0 fully saturated rings. The predicted octanol–water partition coefficient (Wildman–Crippen LogP) is 4.51. The maximum absolute atomic E-state index is 13.3. The van der Waals surface area contributed by atoms with E-state index in [1.807, 2.05) is 66.4 Å². The molecule has 5 aromatic rings. The minimum absolute atomic E-state index is 0.107. The van der Waals surface area contributed by atoms with Gasteiger partial charge in [0.2, 0.25) is 5.91 Å². The molecule has 0 aliphatic carbocycles. The van der Waals surface area contributed by atoms with Crippen molar-refractivity contribution in [2.24, 2.45) is 0 Å². The molecular weight excluding hydrogens is 474 g/mol. The summed E-state index contributed by atoms with van der Waals surface area (Å²) in [4.78, 5) is 31.4. The number of nitrogens with zero attached hydrogens (tertiary/aromatic N) is 5. The first kappa shape index (κ1) is 23.4. The molecule has 0 atom stereocenters. The molecule has 5 rings (SSSR count). The second-order valence-corrected chi connectivity index (χ2v) is 9.54. The normalized spacial score (nSPS) is 11.2. The Kier molecular flexibility index (Phi) is 6.59. The number of hydrogen-bond acceptors (Lipinski definition) is 6. The summed E-state index contributed by atoms with van der Waals surface area (Å²) in [6.07, 6.45) is 5.06. The van der Waals surface area contributed by atoms with E-state index >= 15 is 0 Å². The number of nitrogens with one attached hydrogen (secondary N) is 2. The van der Waals surface area contributed by atoms with E-state index in [2.05, 4.69) is 20.8 Å². The highest BCUT2D eigenvalue weighted by atomic mass is 32.1. The van der Waals surface area contributed by atoms with Gasteiger partial charge in [-0.05, 0) is 55.1 Å². The maximum atomic E-state index is 13.3. The summed E-state index contributed by atoms with van der Waals surface area (Å²) in [5.74, 6) is -0.390. The summed E-state index contributed by atoms with van der Waals surface area (Å²) < 4.78 is 3.39. The molecule has 182 valence electrons. The monoisotopic (exact) mass is 499 g/mol. The Morgan fingerprint density at radius 3 is 2.72 bits per heavy atom. The third-order valence-electron chi connectivity index (χ3n) is 5.60. The minimum atomic E-state index is -0.211. The first-order valence-electron chi connectivity index (χ1n) is 11.5. The lowest BCUT2D eigenvalue weighted by Crippen LogP contribution is -2.23. The number of rotatable bonds is 8. The van der Waals surface area contributed by atoms with Gasteiger partial charge < -0.3 is 10.6 Å². The van der Waals surface area contributed by atoms with Gasteiger partial charge in [-0.2, -0.15) is 10.2 Å². The molecular formula is C26H25N7O2S. The Morgan fingerprint density at radius 2 is 1.97 bits per heavy atom. The van der Waals surface area contributed by atoms with Crippen LogP contribution < -0.4 is 10.6 Å². The van der Waals surface area contributed by atoms with Crippen LogP contribution in [0.15, 0.2) is 72.5 Å². The van der Waals surface area contributed by atoms with Gasteiger partial charge in [-0.1, -0.05) is 18.2 Å². The summed E-state index contributed by atoms with van der Waals surface area (Å²) in [6, 6.07) is 15.1. The molecule has 0 radical (unpaired) electrons. The second kappa shape index (κ2) is 10.1. The molecule has 0 saturated heterocycles. The largest absolute Gasteiger partial charge is 0.348 e. The lowest BCUT2D eigenvalue weighted by molar-refractivity contribution is -0.116. The number of anilines is 1. The third kappa shape index (κ3) is 5.03. The van der Waals surface area contributed by atoms with Crippen LogP contribution in [-0.4, -0.2) is 36.4 Å². The molecule has 9 nitrogen and oxygen atoms in total. The van der Waals surface area contributed by atoms with E-state index in [1.54, 1.807) is 40.7 Å². The van der Waals surface area contributed by atoms with Gasteiger partial charge in [0, 0.05) is 30.7 Å². The molecule has 2 N–H and O–H groups in total. The van der Waals surface area contributed by atoms with Crippen molar-refractivity contribution in [3.63, 3.8) is 0 Å². The molecule has 2 amide bonds. The summed E-state index contributed by atoms with van der Waals surface area (Å²) in [5.41, 5.74) is 3.47. The van der Waals surface area contributed by atoms with E-state index in [4.69, 9.17) is 4.98 Å². The Hall–Kier alpha value is -4.31. The van der Waals surface area contributed by atoms with E-state index in [9.17, 15) is 9.59 Å². The molecule has 0 bridgehead atoms. The molecule has 0 aliphatic heterocycles. The maximum Gasteiger partial charge on any atom is 0.252 e. The third-order valence-corrected chi connectivity index (χ3v) is 6.50. The van der Waals surface area contributed by atoms with Gasteiger partial charge in [-0.15, -0.1) is 11.3 Å². The van der Waals surface area contributed by atoms with Gasteiger partial charge in [0.15, 0.2) is 5.65 Å². The van der Waals surface area contributed by atoms with E-state index < -0.39 is 0 Å². The standard InChI is InChI=1S/C26H25N7O2S/c1-17(2)33-25-21(15-29-33)20(13-22(31-25)23-8-4-11-36-23)26(35)27-14-18-6-3-7-19(12-18)30-24(34)16-32-10-5-9-28-32/h3-13,15,17H,14,16H2,1-2H3,(H,27,35)(H,30,34). The van der Waals surface area contributed by atoms with Crippen molar-refractivity contribution in [1.29, 1.82) is 0 Å². The first-order valence-corrected chi connectivity index (χ1v) is 12.4. The van der Waals surface area contributed by atoms with Gasteiger partial charge in [0.05, 0.1) is 27.7 Å². The number of fused-ring (bicyclic) bond motifs is 1. The minimum Gasteiger partial charge on any atom is -0.348 e. The molecule has 10 heteroatoms. The number of aromatic nitrogens is 5. The highest BCUT2D eigenvalue weighted by Crippen LogP contribution is 2.29.